The van der Waals surface area contributed by atoms with Crippen LogP contribution in [0.3, 0.4) is 0 Å². The summed E-state index contributed by atoms with van der Waals surface area (Å²) in [6.45, 7) is 9.85. The molecule has 0 amide bonds. The molecular formula is C22H35IN4O3. The van der Waals surface area contributed by atoms with Gasteiger partial charge in [-0.15, -0.1) is 24.0 Å². The zero-order chi connectivity index (χ0) is 20.5. The molecule has 8 heteroatoms. The number of carbonyl (C=O) groups is 1. The van der Waals surface area contributed by atoms with Gasteiger partial charge in [-0.05, 0) is 30.9 Å². The van der Waals surface area contributed by atoms with Crippen LogP contribution in [0.5, 0.6) is 0 Å². The minimum absolute atomic E-state index is 0. The Labute approximate surface area is 197 Å². The van der Waals surface area contributed by atoms with Gasteiger partial charge in [-0.25, -0.2) is 4.99 Å². The van der Waals surface area contributed by atoms with Crippen LogP contribution in [0.2, 0.25) is 0 Å². The van der Waals surface area contributed by atoms with E-state index in [4.69, 9.17) is 14.5 Å². The maximum absolute atomic E-state index is 11.7. The largest absolute Gasteiger partial charge is 0.469 e. The van der Waals surface area contributed by atoms with Gasteiger partial charge in [0, 0.05) is 39.3 Å². The van der Waals surface area contributed by atoms with E-state index in [2.05, 4.69) is 46.3 Å². The molecule has 7 nitrogen and oxygen atoms in total. The van der Waals surface area contributed by atoms with E-state index >= 15 is 0 Å². The number of benzene rings is 1. The van der Waals surface area contributed by atoms with Gasteiger partial charge in [0.15, 0.2) is 5.96 Å². The first-order valence-corrected chi connectivity index (χ1v) is 10.7. The molecule has 0 unspecified atom stereocenters. The van der Waals surface area contributed by atoms with E-state index in [0.29, 0.717) is 6.54 Å². The molecule has 2 aliphatic heterocycles. The monoisotopic (exact) mass is 530 g/mol. The fourth-order valence-corrected chi connectivity index (χ4v) is 3.85. The number of piperidine rings is 1. The summed E-state index contributed by atoms with van der Waals surface area (Å²) in [7, 11) is 1.46. The van der Waals surface area contributed by atoms with Gasteiger partial charge in [-0.1, -0.05) is 24.3 Å². The second-order valence-electron chi connectivity index (χ2n) is 7.66. The van der Waals surface area contributed by atoms with Gasteiger partial charge in [-0.3, -0.25) is 9.69 Å². The Hall–Kier alpha value is -1.39. The van der Waals surface area contributed by atoms with E-state index in [0.717, 1.165) is 71.3 Å². The second-order valence-corrected chi connectivity index (χ2v) is 7.66. The summed E-state index contributed by atoms with van der Waals surface area (Å²) in [6, 6.07) is 8.75. The normalized spacial score (nSPS) is 18.6. The van der Waals surface area contributed by atoms with E-state index in [1.165, 1.54) is 18.2 Å². The van der Waals surface area contributed by atoms with Crippen molar-refractivity contribution in [3.05, 3.63) is 35.4 Å². The lowest BCUT2D eigenvalue weighted by atomic mass is 9.97. The number of esters is 1. The number of morpholine rings is 1. The van der Waals surface area contributed by atoms with E-state index in [1.54, 1.807) is 0 Å². The number of hydrogen-bond acceptors (Lipinski definition) is 5. The van der Waals surface area contributed by atoms with Crippen molar-refractivity contribution in [2.75, 3.05) is 53.0 Å². The Morgan fingerprint density at radius 2 is 1.77 bits per heavy atom. The van der Waals surface area contributed by atoms with Gasteiger partial charge in [0.1, 0.15) is 0 Å². The van der Waals surface area contributed by atoms with Crippen molar-refractivity contribution in [2.24, 2.45) is 10.9 Å². The van der Waals surface area contributed by atoms with Crippen molar-refractivity contribution < 1.29 is 14.3 Å². The van der Waals surface area contributed by atoms with Gasteiger partial charge >= 0.3 is 5.97 Å². The van der Waals surface area contributed by atoms with Gasteiger partial charge in [-0.2, -0.15) is 0 Å². The number of likely N-dealkylation sites (tertiary alicyclic amines) is 1. The topological polar surface area (TPSA) is 66.4 Å². The summed E-state index contributed by atoms with van der Waals surface area (Å²) < 4.78 is 10.3. The summed E-state index contributed by atoms with van der Waals surface area (Å²) in [5.74, 6) is 0.843. The zero-order valence-electron chi connectivity index (χ0n) is 18.1. The highest BCUT2D eigenvalue weighted by Gasteiger charge is 2.26. The standard InChI is InChI=1S/C22H34N4O3.HI/c1-3-23-22(26-10-8-20(9-11-26)21(27)28-2)24-16-18-4-6-19(7-5-18)17-25-12-14-29-15-13-25;/h4-7,20H,3,8-17H2,1-2H3,(H,23,24);1H. The molecule has 2 heterocycles. The van der Waals surface area contributed by atoms with E-state index in [1.807, 2.05) is 0 Å². The number of nitrogens with one attached hydrogen (secondary N) is 1. The molecule has 1 aromatic carbocycles. The molecule has 2 saturated heterocycles. The molecule has 0 radical (unpaired) electrons. The quantitative estimate of drug-likeness (QED) is 0.264. The molecule has 2 aliphatic rings. The molecule has 0 spiro atoms. The Balaban J connectivity index is 0.00000320. The van der Waals surface area contributed by atoms with Crippen LogP contribution in [0.15, 0.2) is 29.3 Å². The fraction of sp³-hybridized carbons (Fsp3) is 0.636. The molecule has 30 heavy (non-hydrogen) atoms. The fourth-order valence-electron chi connectivity index (χ4n) is 3.85. The Bertz CT molecular complexity index is 669. The molecule has 2 fully saturated rings. The lowest BCUT2D eigenvalue weighted by molar-refractivity contribution is -0.146. The Kier molecular flexibility index (Phi) is 10.9. The average Bonchev–Trinajstić information content (AvgIpc) is 2.78. The first-order chi connectivity index (χ1) is 14.2. The third-order valence-electron chi connectivity index (χ3n) is 5.61. The summed E-state index contributed by atoms with van der Waals surface area (Å²) in [5.41, 5.74) is 2.53. The van der Waals surface area contributed by atoms with Crippen LogP contribution in [0.4, 0.5) is 0 Å². The summed E-state index contributed by atoms with van der Waals surface area (Å²) >= 11 is 0. The molecule has 0 atom stereocenters. The van der Waals surface area contributed by atoms with Crippen molar-refractivity contribution in [2.45, 2.75) is 32.9 Å². The SMILES string of the molecule is CCNC(=NCc1ccc(CN2CCOCC2)cc1)N1CCC(C(=O)OC)CC1.I. The number of rotatable bonds is 6. The van der Waals surface area contributed by atoms with E-state index in [9.17, 15) is 4.79 Å². The predicted molar refractivity (Wildman–Crippen MR) is 129 cm³/mol. The summed E-state index contributed by atoms with van der Waals surface area (Å²) in [4.78, 5) is 21.2. The van der Waals surface area contributed by atoms with Gasteiger partial charge < -0.3 is 19.7 Å². The van der Waals surface area contributed by atoms with Crippen LogP contribution in [0, 0.1) is 5.92 Å². The van der Waals surface area contributed by atoms with Crippen molar-refractivity contribution in [1.29, 1.82) is 0 Å². The van der Waals surface area contributed by atoms with E-state index < -0.39 is 0 Å². The lowest BCUT2D eigenvalue weighted by Gasteiger charge is -2.33. The minimum Gasteiger partial charge on any atom is -0.469 e. The zero-order valence-corrected chi connectivity index (χ0v) is 20.5. The molecule has 0 aliphatic carbocycles. The molecule has 0 saturated carbocycles. The first-order valence-electron chi connectivity index (χ1n) is 10.7. The number of ether oxygens (including phenoxy) is 2. The molecule has 0 bridgehead atoms. The third-order valence-corrected chi connectivity index (χ3v) is 5.61. The summed E-state index contributed by atoms with van der Waals surface area (Å²) in [6.07, 6.45) is 1.63. The highest BCUT2D eigenvalue weighted by molar-refractivity contribution is 14.0. The van der Waals surface area contributed by atoms with Crippen molar-refractivity contribution in [1.82, 2.24) is 15.1 Å². The maximum atomic E-state index is 11.7. The Morgan fingerprint density at radius 3 is 2.37 bits per heavy atom. The number of guanidine groups is 1. The molecule has 168 valence electrons. The van der Waals surface area contributed by atoms with Crippen molar-refractivity contribution in [3.63, 3.8) is 0 Å². The third kappa shape index (κ3) is 7.39. The average molecular weight is 530 g/mol. The minimum atomic E-state index is -0.0937. The van der Waals surface area contributed by atoms with Crippen molar-refractivity contribution in [3.8, 4) is 0 Å². The second kappa shape index (κ2) is 13.1. The van der Waals surface area contributed by atoms with Crippen LogP contribution in [0.1, 0.15) is 30.9 Å². The smallest absolute Gasteiger partial charge is 0.308 e. The number of halogens is 1. The molecule has 0 aromatic heterocycles. The van der Waals surface area contributed by atoms with Gasteiger partial charge in [0.2, 0.25) is 0 Å². The van der Waals surface area contributed by atoms with Crippen LogP contribution in [0.25, 0.3) is 0 Å². The number of carbonyl (C=O) groups excluding carboxylic acids is 1. The number of methoxy groups -OCH3 is 1. The van der Waals surface area contributed by atoms with Crippen LogP contribution < -0.4 is 5.32 Å². The van der Waals surface area contributed by atoms with Crippen molar-refractivity contribution >= 4 is 35.9 Å². The number of aliphatic imine (C=N–C) groups is 1. The van der Waals surface area contributed by atoms with Crippen LogP contribution in [-0.2, 0) is 27.4 Å². The molecule has 3 rings (SSSR count). The first kappa shape index (κ1) is 24.9. The highest BCUT2D eigenvalue weighted by Crippen LogP contribution is 2.19. The van der Waals surface area contributed by atoms with Crippen LogP contribution >= 0.6 is 24.0 Å². The maximum Gasteiger partial charge on any atom is 0.308 e. The lowest BCUT2D eigenvalue weighted by Crippen LogP contribution is -2.46. The molecular weight excluding hydrogens is 495 g/mol. The number of hydrogen-bond donors (Lipinski definition) is 1. The van der Waals surface area contributed by atoms with Gasteiger partial charge in [0.05, 0.1) is 32.8 Å². The number of nitrogens with zero attached hydrogens (tertiary/aromatic N) is 3. The van der Waals surface area contributed by atoms with Gasteiger partial charge in [0.25, 0.3) is 0 Å². The summed E-state index contributed by atoms with van der Waals surface area (Å²) in [5, 5.41) is 3.39. The van der Waals surface area contributed by atoms with Crippen LogP contribution in [-0.4, -0.2) is 74.8 Å². The molecule has 1 N–H and O–H groups in total. The highest BCUT2D eigenvalue weighted by atomic mass is 127. The van der Waals surface area contributed by atoms with E-state index in [-0.39, 0.29) is 35.9 Å². The predicted octanol–water partition coefficient (Wildman–Crippen LogP) is 2.49. The Morgan fingerprint density at radius 1 is 1.13 bits per heavy atom. The molecule has 1 aromatic rings.